The topological polar surface area (TPSA) is 33.0 Å². The Morgan fingerprint density at radius 3 is 2.22 bits per heavy atom. The summed E-state index contributed by atoms with van der Waals surface area (Å²) in [5.41, 5.74) is 3.53. The van der Waals surface area contributed by atoms with Crippen LogP contribution in [0, 0.1) is 18.5 Å². The summed E-state index contributed by atoms with van der Waals surface area (Å²) in [6, 6.07) is 23.7. The second-order valence-corrected chi connectivity index (χ2v) is 8.53. The number of rotatable bonds is 5. The fourth-order valence-electron chi connectivity index (χ4n) is 2.51. The Morgan fingerprint density at radius 2 is 1.63 bits per heavy atom. The molecule has 0 unspecified atom stereocenters. The number of nitrogens with zero attached hydrogens (tertiary/aromatic N) is 1. The van der Waals surface area contributed by atoms with Gasteiger partial charge in [0.2, 0.25) is 0 Å². The largest absolute Gasteiger partial charge is 0.487 e. The normalized spacial score (nSPS) is 11.1. The molecule has 0 radical (unpaired) electrons. The van der Waals surface area contributed by atoms with E-state index in [4.69, 9.17) is 16.3 Å². The quantitative estimate of drug-likeness (QED) is 0.177. The fraction of sp³-hybridized carbons (Fsp3) is 0.0455. The highest BCUT2D eigenvalue weighted by atomic mass is 127. The Hall–Kier alpha value is -1.56. The Kier molecular flexibility index (Phi) is 7.16. The highest BCUT2D eigenvalue weighted by Gasteiger charge is 2.10. The predicted molar refractivity (Wildman–Crippen MR) is 128 cm³/mol. The number of hydrogen-bond acceptors (Lipinski definition) is 2. The molecule has 0 saturated heterocycles. The van der Waals surface area contributed by atoms with Gasteiger partial charge in [-0.2, -0.15) is 5.26 Å². The van der Waals surface area contributed by atoms with Crippen molar-refractivity contribution >= 4 is 68.4 Å². The molecule has 0 bridgehead atoms. The highest BCUT2D eigenvalue weighted by Crippen LogP contribution is 2.31. The van der Waals surface area contributed by atoms with Gasteiger partial charge in [-0.15, -0.1) is 0 Å². The van der Waals surface area contributed by atoms with Crippen molar-refractivity contribution in [2.45, 2.75) is 6.61 Å². The lowest BCUT2D eigenvalue weighted by atomic mass is 10.0. The molecule has 5 heteroatoms. The first-order chi connectivity index (χ1) is 13.1. The first-order valence-corrected chi connectivity index (χ1v) is 10.6. The van der Waals surface area contributed by atoms with Crippen LogP contribution in [-0.2, 0) is 6.61 Å². The van der Waals surface area contributed by atoms with Crippen LogP contribution in [0.5, 0.6) is 5.75 Å². The number of hydrogen-bond donors (Lipinski definition) is 0. The van der Waals surface area contributed by atoms with Crippen molar-refractivity contribution in [3.05, 3.63) is 95.6 Å². The van der Waals surface area contributed by atoms with Crippen molar-refractivity contribution in [2.75, 3.05) is 0 Å². The Labute approximate surface area is 191 Å². The molecular weight excluding hydrogens is 584 g/mol. The zero-order chi connectivity index (χ0) is 19.2. The molecule has 0 aliphatic rings. The molecule has 3 rings (SSSR count). The molecular formula is C22H14ClI2NO. The second kappa shape index (κ2) is 9.58. The van der Waals surface area contributed by atoms with Gasteiger partial charge in [0.25, 0.3) is 0 Å². The van der Waals surface area contributed by atoms with Crippen molar-refractivity contribution < 1.29 is 4.74 Å². The fourth-order valence-corrected chi connectivity index (χ4v) is 4.76. The minimum absolute atomic E-state index is 0.524. The van der Waals surface area contributed by atoms with Gasteiger partial charge in [0.1, 0.15) is 12.4 Å². The van der Waals surface area contributed by atoms with E-state index in [0.29, 0.717) is 17.2 Å². The molecule has 3 aromatic rings. The summed E-state index contributed by atoms with van der Waals surface area (Å²) < 4.78 is 8.04. The van der Waals surface area contributed by atoms with E-state index >= 15 is 0 Å². The number of nitriles is 1. The van der Waals surface area contributed by atoms with Gasteiger partial charge < -0.3 is 4.74 Å². The molecule has 3 aromatic carbocycles. The van der Waals surface area contributed by atoms with Gasteiger partial charge in [0, 0.05) is 5.02 Å². The van der Waals surface area contributed by atoms with Crippen LogP contribution in [-0.4, -0.2) is 0 Å². The smallest absolute Gasteiger partial charge is 0.146 e. The van der Waals surface area contributed by atoms with Gasteiger partial charge in [-0.25, -0.2) is 0 Å². The molecule has 0 heterocycles. The number of ether oxygens (including phenoxy) is 1. The van der Waals surface area contributed by atoms with Crippen molar-refractivity contribution in [1.82, 2.24) is 0 Å². The summed E-state index contributed by atoms with van der Waals surface area (Å²) in [5.74, 6) is 0.863. The Bertz CT molecular complexity index is 986. The monoisotopic (exact) mass is 597 g/mol. The average Bonchev–Trinajstić information content (AvgIpc) is 2.67. The maximum atomic E-state index is 9.53. The summed E-state index contributed by atoms with van der Waals surface area (Å²) in [7, 11) is 0. The van der Waals surface area contributed by atoms with Gasteiger partial charge in [0.15, 0.2) is 0 Å². The van der Waals surface area contributed by atoms with Crippen molar-refractivity contribution in [3.63, 3.8) is 0 Å². The molecule has 0 saturated carbocycles. The maximum Gasteiger partial charge on any atom is 0.146 e. The third-order valence-corrected chi connectivity index (χ3v) is 5.69. The standard InChI is InChI=1S/C22H14ClI2NO/c23-19-8-6-17(7-9-19)18(13-26)10-16-11-20(24)22(21(25)12-16)27-14-15-4-2-1-3-5-15/h1-12H,14H2/b18-10-. The van der Waals surface area contributed by atoms with Gasteiger partial charge in [-0.3, -0.25) is 0 Å². The Morgan fingerprint density at radius 1 is 1.00 bits per heavy atom. The minimum Gasteiger partial charge on any atom is -0.487 e. The molecule has 134 valence electrons. The maximum absolute atomic E-state index is 9.53. The third-order valence-electron chi connectivity index (χ3n) is 3.83. The molecule has 0 fully saturated rings. The van der Waals surface area contributed by atoms with E-state index in [9.17, 15) is 5.26 Å². The van der Waals surface area contributed by atoms with Crippen LogP contribution in [0.1, 0.15) is 16.7 Å². The zero-order valence-electron chi connectivity index (χ0n) is 14.1. The molecule has 27 heavy (non-hydrogen) atoms. The van der Waals surface area contributed by atoms with E-state index in [2.05, 4.69) is 51.3 Å². The zero-order valence-corrected chi connectivity index (χ0v) is 19.2. The van der Waals surface area contributed by atoms with Crippen LogP contribution in [0.4, 0.5) is 0 Å². The van der Waals surface area contributed by atoms with Crippen LogP contribution in [0.15, 0.2) is 66.7 Å². The van der Waals surface area contributed by atoms with Crippen LogP contribution in [0.3, 0.4) is 0 Å². The first kappa shape index (κ1) is 20.2. The predicted octanol–water partition coefficient (Wildman–Crippen LogP) is 7.19. The summed E-state index contributed by atoms with van der Waals surface area (Å²) in [6.07, 6.45) is 1.88. The molecule has 0 amide bonds. The van der Waals surface area contributed by atoms with E-state index in [1.807, 2.05) is 60.7 Å². The number of halogens is 3. The average molecular weight is 598 g/mol. The van der Waals surface area contributed by atoms with Gasteiger partial charge in [0.05, 0.1) is 18.8 Å². The van der Waals surface area contributed by atoms with Crippen LogP contribution in [0.2, 0.25) is 5.02 Å². The summed E-state index contributed by atoms with van der Waals surface area (Å²) in [6.45, 7) is 0.524. The van der Waals surface area contributed by atoms with Crippen molar-refractivity contribution in [2.24, 2.45) is 0 Å². The van der Waals surface area contributed by atoms with Crippen LogP contribution in [0.25, 0.3) is 11.6 Å². The SMILES string of the molecule is N#C/C(=C/c1cc(I)c(OCc2ccccc2)c(I)c1)c1ccc(Cl)cc1. The van der Waals surface area contributed by atoms with Gasteiger partial charge >= 0.3 is 0 Å². The van der Waals surface area contributed by atoms with E-state index < -0.39 is 0 Å². The highest BCUT2D eigenvalue weighted by molar-refractivity contribution is 14.1. The van der Waals surface area contributed by atoms with Gasteiger partial charge in [-0.05, 0) is 92.2 Å². The molecule has 0 spiro atoms. The molecule has 0 aromatic heterocycles. The molecule has 0 atom stereocenters. The lowest BCUT2D eigenvalue weighted by Crippen LogP contribution is -1.99. The Balaban J connectivity index is 1.85. The number of allylic oxidation sites excluding steroid dienone is 1. The van der Waals surface area contributed by atoms with Crippen LogP contribution < -0.4 is 4.74 Å². The lowest BCUT2D eigenvalue weighted by Gasteiger charge is -2.12. The summed E-state index contributed by atoms with van der Waals surface area (Å²) in [5, 5.41) is 10.2. The van der Waals surface area contributed by atoms with E-state index in [-0.39, 0.29) is 0 Å². The van der Waals surface area contributed by atoms with Crippen molar-refractivity contribution in [1.29, 1.82) is 5.26 Å². The van der Waals surface area contributed by atoms with E-state index in [0.717, 1.165) is 29.6 Å². The third kappa shape index (κ3) is 5.47. The van der Waals surface area contributed by atoms with E-state index in [1.165, 1.54) is 0 Å². The first-order valence-electron chi connectivity index (χ1n) is 8.10. The molecule has 0 aliphatic carbocycles. The van der Waals surface area contributed by atoms with Gasteiger partial charge in [-0.1, -0.05) is 54.1 Å². The molecule has 0 N–H and O–H groups in total. The molecule has 0 aliphatic heterocycles. The minimum atomic E-state index is 0.524. The van der Waals surface area contributed by atoms with Crippen molar-refractivity contribution in [3.8, 4) is 11.8 Å². The summed E-state index contributed by atoms with van der Waals surface area (Å²) >= 11 is 10.5. The number of benzene rings is 3. The van der Waals surface area contributed by atoms with E-state index in [1.54, 1.807) is 12.1 Å². The molecule has 2 nitrogen and oxygen atoms in total. The summed E-state index contributed by atoms with van der Waals surface area (Å²) in [4.78, 5) is 0. The second-order valence-electron chi connectivity index (χ2n) is 5.76. The lowest BCUT2D eigenvalue weighted by molar-refractivity contribution is 0.302. The van der Waals surface area contributed by atoms with Crippen LogP contribution >= 0.6 is 56.8 Å².